The first-order valence-corrected chi connectivity index (χ1v) is 14.4. The van der Waals surface area contributed by atoms with Gasteiger partial charge >= 0.3 is 0 Å². The lowest BCUT2D eigenvalue weighted by atomic mass is 10.0. The molecule has 0 radical (unpaired) electrons. The summed E-state index contributed by atoms with van der Waals surface area (Å²) in [6.07, 6.45) is 2.82. The van der Waals surface area contributed by atoms with Crippen molar-refractivity contribution in [1.29, 1.82) is 0 Å². The zero-order valence-corrected chi connectivity index (χ0v) is 25.1. The minimum absolute atomic E-state index is 0.0260. The fraction of sp³-hybridized carbons (Fsp3) is 0.452. The van der Waals surface area contributed by atoms with Gasteiger partial charge in [-0.15, -0.1) is 0 Å². The van der Waals surface area contributed by atoms with E-state index in [1.807, 2.05) is 30.7 Å². The minimum atomic E-state index is -2.88. The number of ether oxygens (including phenoxy) is 1. The highest BCUT2D eigenvalue weighted by atomic mass is 19.3. The Hall–Kier alpha value is -3.90. The number of piperazine rings is 1. The summed E-state index contributed by atoms with van der Waals surface area (Å²) in [5.74, 6) is -0.719. The van der Waals surface area contributed by atoms with Crippen LogP contribution in [0.4, 0.5) is 30.5 Å². The lowest BCUT2D eigenvalue weighted by Crippen LogP contribution is -2.50. The number of nitrogens with one attached hydrogen (secondary N) is 1. The summed E-state index contributed by atoms with van der Waals surface area (Å²) in [5.41, 5.74) is 1.12. The van der Waals surface area contributed by atoms with Gasteiger partial charge in [-0.1, -0.05) is 6.58 Å². The molecular weight excluding hydrogens is 559 g/mol. The number of halogens is 3. The SMILES string of the molecule is C=C1C=C(C(F)F)C(C(=O)Nc2cc(-c3cnc(N4C[C@@H](C)O[C@@H](C)C4)nc3)c(F)cc2N2CCN(C)[C@@H](C)C2)=CN1C. The Balaban J connectivity index is 1.50. The molecule has 4 heterocycles. The number of carbonyl (C=O) groups excluding carboxylic acids is 1. The van der Waals surface area contributed by atoms with Crippen molar-refractivity contribution in [2.24, 2.45) is 0 Å². The van der Waals surface area contributed by atoms with Crippen molar-refractivity contribution in [1.82, 2.24) is 19.8 Å². The fourth-order valence-electron chi connectivity index (χ4n) is 5.65. The molecule has 1 aromatic carbocycles. The number of rotatable bonds is 6. The molecule has 0 unspecified atom stereocenters. The van der Waals surface area contributed by atoms with Gasteiger partial charge in [-0.3, -0.25) is 4.79 Å². The highest BCUT2D eigenvalue weighted by Crippen LogP contribution is 2.36. The number of allylic oxidation sites excluding steroid dienone is 1. The van der Waals surface area contributed by atoms with Crippen molar-refractivity contribution in [3.05, 3.63) is 66.0 Å². The third-order valence-corrected chi connectivity index (χ3v) is 8.17. The van der Waals surface area contributed by atoms with Crippen LogP contribution < -0.4 is 15.1 Å². The zero-order chi connectivity index (χ0) is 31.0. The van der Waals surface area contributed by atoms with Gasteiger partial charge in [0.05, 0.1) is 29.2 Å². The third-order valence-electron chi connectivity index (χ3n) is 8.17. The average molecular weight is 598 g/mol. The van der Waals surface area contributed by atoms with Crippen molar-refractivity contribution in [2.75, 3.05) is 61.9 Å². The molecule has 2 saturated heterocycles. The van der Waals surface area contributed by atoms with Crippen LogP contribution in [0.15, 0.2) is 60.2 Å². The van der Waals surface area contributed by atoms with Crippen LogP contribution in [0.1, 0.15) is 20.8 Å². The molecule has 0 saturated carbocycles. The second-order valence-corrected chi connectivity index (χ2v) is 11.6. The number of nitrogens with zero attached hydrogens (tertiary/aromatic N) is 6. The van der Waals surface area contributed by atoms with Crippen LogP contribution in [0, 0.1) is 5.82 Å². The molecule has 12 heteroatoms. The van der Waals surface area contributed by atoms with Crippen LogP contribution in [-0.2, 0) is 9.53 Å². The first-order valence-electron chi connectivity index (χ1n) is 14.4. The topological polar surface area (TPSA) is 77.1 Å². The molecule has 3 atom stereocenters. The molecule has 3 aliphatic rings. The molecule has 5 rings (SSSR count). The van der Waals surface area contributed by atoms with E-state index >= 15 is 4.39 Å². The Bertz CT molecular complexity index is 1440. The number of likely N-dealkylation sites (N-methyl/N-ethyl adjacent to an activating group) is 2. The van der Waals surface area contributed by atoms with Crippen molar-refractivity contribution >= 4 is 23.2 Å². The van der Waals surface area contributed by atoms with Crippen molar-refractivity contribution in [2.45, 2.75) is 45.4 Å². The zero-order valence-electron chi connectivity index (χ0n) is 25.1. The van der Waals surface area contributed by atoms with Gasteiger partial charge in [0.25, 0.3) is 12.3 Å². The van der Waals surface area contributed by atoms with E-state index in [9.17, 15) is 13.6 Å². The molecule has 0 bridgehead atoms. The molecule has 1 amide bonds. The Morgan fingerprint density at radius 1 is 1.05 bits per heavy atom. The Morgan fingerprint density at radius 2 is 1.72 bits per heavy atom. The van der Waals surface area contributed by atoms with E-state index in [0.29, 0.717) is 54.8 Å². The first-order chi connectivity index (χ1) is 20.4. The van der Waals surface area contributed by atoms with Crippen LogP contribution in [0.25, 0.3) is 11.1 Å². The van der Waals surface area contributed by atoms with Crippen LogP contribution in [-0.4, -0.2) is 97.2 Å². The molecule has 1 aromatic heterocycles. The van der Waals surface area contributed by atoms with E-state index in [4.69, 9.17) is 4.74 Å². The molecule has 0 spiro atoms. The number of hydrogen-bond donors (Lipinski definition) is 1. The average Bonchev–Trinajstić information content (AvgIpc) is 2.96. The highest BCUT2D eigenvalue weighted by molar-refractivity contribution is 6.09. The molecule has 0 aliphatic carbocycles. The number of alkyl halides is 2. The van der Waals surface area contributed by atoms with Crippen molar-refractivity contribution in [3.8, 4) is 11.1 Å². The van der Waals surface area contributed by atoms with E-state index < -0.39 is 23.7 Å². The van der Waals surface area contributed by atoms with Gasteiger partial charge in [-0.25, -0.2) is 23.1 Å². The fourth-order valence-corrected chi connectivity index (χ4v) is 5.65. The Morgan fingerprint density at radius 3 is 2.35 bits per heavy atom. The maximum atomic E-state index is 15.8. The number of aromatic nitrogens is 2. The maximum absolute atomic E-state index is 15.8. The second kappa shape index (κ2) is 12.4. The number of morpholine rings is 1. The standard InChI is InChI=1S/C31H38F3N7O2/c1-18-9-24(29(33)34)25(17-39(18)6)30(42)37-27-10-23(26(32)11-28(27)40-8-7-38(5)19(2)14-40)22-12-35-31(36-13-22)41-15-20(3)43-21(4)16-41/h9-13,17,19-21,29H,1,7-8,14-16H2,2-6H3,(H,37,42)/t19-,20-,21+/m0/s1. The summed E-state index contributed by atoms with van der Waals surface area (Å²) in [4.78, 5) is 30.3. The molecule has 2 fully saturated rings. The van der Waals surface area contributed by atoms with Gasteiger partial charge in [-0.05, 0) is 46.0 Å². The highest BCUT2D eigenvalue weighted by Gasteiger charge is 2.30. The summed E-state index contributed by atoms with van der Waals surface area (Å²) in [6, 6.07) is 3.09. The van der Waals surface area contributed by atoms with E-state index in [2.05, 4.69) is 33.7 Å². The minimum Gasteiger partial charge on any atom is -0.372 e. The monoisotopic (exact) mass is 597 g/mol. The summed E-state index contributed by atoms with van der Waals surface area (Å²) >= 11 is 0. The first kappa shape index (κ1) is 30.6. The predicted molar refractivity (Wildman–Crippen MR) is 162 cm³/mol. The van der Waals surface area contributed by atoms with Crippen LogP contribution in [0.5, 0.6) is 0 Å². The summed E-state index contributed by atoms with van der Waals surface area (Å²) in [5, 5.41) is 2.81. The molecule has 230 valence electrons. The molecular formula is C31H38F3N7O2. The molecule has 2 aromatic rings. The van der Waals surface area contributed by atoms with E-state index in [-0.39, 0.29) is 29.4 Å². The molecule has 43 heavy (non-hydrogen) atoms. The van der Waals surface area contributed by atoms with Crippen LogP contribution in [0.3, 0.4) is 0 Å². The van der Waals surface area contributed by atoms with Crippen LogP contribution >= 0.6 is 0 Å². The quantitative estimate of drug-likeness (QED) is 0.522. The molecule has 9 nitrogen and oxygen atoms in total. The number of amides is 1. The van der Waals surface area contributed by atoms with Gasteiger partial charge in [-0.2, -0.15) is 0 Å². The number of anilines is 3. The smallest absolute Gasteiger partial charge is 0.264 e. The second-order valence-electron chi connectivity index (χ2n) is 11.6. The van der Waals surface area contributed by atoms with Gasteiger partial charge < -0.3 is 29.7 Å². The summed E-state index contributed by atoms with van der Waals surface area (Å²) in [6.45, 7) is 13.0. The van der Waals surface area contributed by atoms with Gasteiger partial charge in [0.1, 0.15) is 5.82 Å². The molecule has 1 N–H and O–H groups in total. The van der Waals surface area contributed by atoms with Crippen molar-refractivity contribution < 1.29 is 22.7 Å². The third kappa shape index (κ3) is 6.54. The van der Waals surface area contributed by atoms with Gasteiger partial charge in [0.2, 0.25) is 5.95 Å². The summed E-state index contributed by atoms with van der Waals surface area (Å²) < 4.78 is 49.4. The van der Waals surface area contributed by atoms with Gasteiger partial charge in [0, 0.05) is 86.8 Å². The van der Waals surface area contributed by atoms with Crippen molar-refractivity contribution in [3.63, 3.8) is 0 Å². The number of benzene rings is 1. The molecule has 3 aliphatic heterocycles. The predicted octanol–water partition coefficient (Wildman–Crippen LogP) is 4.51. The van der Waals surface area contributed by atoms with E-state index in [1.165, 1.54) is 29.3 Å². The Labute approximate surface area is 250 Å². The lowest BCUT2D eigenvalue weighted by Gasteiger charge is -2.39. The number of carbonyl (C=O) groups is 1. The normalized spacial score (nSPS) is 23.4. The van der Waals surface area contributed by atoms with E-state index in [0.717, 1.165) is 6.54 Å². The van der Waals surface area contributed by atoms with Crippen LogP contribution in [0.2, 0.25) is 0 Å². The number of hydrogen-bond acceptors (Lipinski definition) is 8. The van der Waals surface area contributed by atoms with E-state index in [1.54, 1.807) is 19.4 Å². The largest absolute Gasteiger partial charge is 0.372 e. The maximum Gasteiger partial charge on any atom is 0.264 e. The Kier molecular flexibility index (Phi) is 8.79. The van der Waals surface area contributed by atoms with Gasteiger partial charge in [0.15, 0.2) is 0 Å². The lowest BCUT2D eigenvalue weighted by molar-refractivity contribution is -0.112. The summed E-state index contributed by atoms with van der Waals surface area (Å²) in [7, 11) is 3.65.